The number of hydrogen-bond donors (Lipinski definition) is 1. The van der Waals surface area contributed by atoms with Crippen molar-refractivity contribution < 1.29 is 27.8 Å². The van der Waals surface area contributed by atoms with Crippen LogP contribution >= 0.6 is 0 Å². The van der Waals surface area contributed by atoms with Crippen LogP contribution in [0.25, 0.3) is 0 Å². The van der Waals surface area contributed by atoms with Gasteiger partial charge in [0, 0.05) is 0 Å². The summed E-state index contributed by atoms with van der Waals surface area (Å²) in [6, 6.07) is 11.9. The average molecular weight is 406 g/mol. The molecule has 0 unspecified atom stereocenters. The van der Waals surface area contributed by atoms with Crippen LogP contribution in [0.2, 0.25) is 0 Å². The summed E-state index contributed by atoms with van der Waals surface area (Å²) in [7, 11) is 1.35. The Labute approximate surface area is 168 Å². The first-order chi connectivity index (χ1) is 13.7. The number of amides is 1. The van der Waals surface area contributed by atoms with Gasteiger partial charge in [0.1, 0.15) is 5.75 Å². The number of rotatable bonds is 8. The predicted octanol–water partition coefficient (Wildman–Crippen LogP) is 4.12. The van der Waals surface area contributed by atoms with Crippen LogP contribution in [0.3, 0.4) is 0 Å². The Morgan fingerprint density at radius 3 is 2.41 bits per heavy atom. The molecule has 0 aliphatic rings. The molecule has 0 aromatic heterocycles. The van der Waals surface area contributed by atoms with Crippen LogP contribution in [-0.4, -0.2) is 32.4 Å². The molecule has 0 radical (unpaired) electrons. The molecule has 0 saturated carbocycles. The molecule has 8 heteroatoms. The second kappa shape index (κ2) is 9.86. The first kappa shape index (κ1) is 22.1. The summed E-state index contributed by atoms with van der Waals surface area (Å²) in [5.74, 6) is 0.150. The van der Waals surface area contributed by atoms with Gasteiger partial charge in [0.05, 0.1) is 13.3 Å². The number of hydrogen-bond acceptors (Lipinski definition) is 5. The van der Waals surface area contributed by atoms with Crippen molar-refractivity contribution in [3.8, 4) is 17.2 Å². The molecule has 2 rings (SSSR count). The molecule has 0 atom stereocenters. The number of alkyl halides is 2. The van der Waals surface area contributed by atoms with Gasteiger partial charge in [0.2, 0.25) is 0 Å². The molecular formula is C21H24F2N2O4. The lowest BCUT2D eigenvalue weighted by Crippen LogP contribution is -2.24. The minimum Gasteiger partial charge on any atom is -0.493 e. The topological polar surface area (TPSA) is 69.2 Å². The summed E-state index contributed by atoms with van der Waals surface area (Å²) >= 11 is 0. The Bertz CT molecular complexity index is 847. The predicted molar refractivity (Wildman–Crippen MR) is 106 cm³/mol. The van der Waals surface area contributed by atoms with Gasteiger partial charge in [-0.05, 0) is 46.9 Å². The van der Waals surface area contributed by atoms with E-state index in [0.29, 0.717) is 11.3 Å². The fourth-order valence-electron chi connectivity index (χ4n) is 2.37. The fraction of sp³-hybridized carbons (Fsp3) is 0.333. The molecule has 0 aliphatic heterocycles. The molecule has 0 heterocycles. The number of hydrazone groups is 1. The van der Waals surface area contributed by atoms with E-state index in [2.05, 4.69) is 36.0 Å². The van der Waals surface area contributed by atoms with Crippen LogP contribution < -0.4 is 19.6 Å². The molecule has 1 amide bonds. The average Bonchev–Trinajstić information content (AvgIpc) is 2.66. The molecule has 2 aromatic carbocycles. The van der Waals surface area contributed by atoms with E-state index in [4.69, 9.17) is 9.47 Å². The zero-order valence-corrected chi connectivity index (χ0v) is 16.7. The first-order valence-corrected chi connectivity index (χ1v) is 8.87. The van der Waals surface area contributed by atoms with Crippen LogP contribution in [0.4, 0.5) is 8.78 Å². The lowest BCUT2D eigenvalue weighted by molar-refractivity contribution is -0.123. The van der Waals surface area contributed by atoms with Crippen molar-refractivity contribution in [1.82, 2.24) is 5.43 Å². The van der Waals surface area contributed by atoms with E-state index in [1.165, 1.54) is 25.5 Å². The highest BCUT2D eigenvalue weighted by Gasteiger charge is 2.13. The molecular weight excluding hydrogens is 382 g/mol. The monoisotopic (exact) mass is 406 g/mol. The van der Waals surface area contributed by atoms with Crippen molar-refractivity contribution in [3.63, 3.8) is 0 Å². The SMILES string of the molecule is COc1ccc(/C=N\NC(=O)COc2ccc(C(C)(C)C)cc2)cc1OC(F)F. The van der Waals surface area contributed by atoms with Gasteiger partial charge in [-0.25, -0.2) is 5.43 Å². The Kier molecular flexibility index (Phi) is 7.52. The smallest absolute Gasteiger partial charge is 0.387 e. The fourth-order valence-corrected chi connectivity index (χ4v) is 2.37. The zero-order chi connectivity index (χ0) is 21.4. The second-order valence-corrected chi connectivity index (χ2v) is 7.15. The number of carbonyl (C=O) groups is 1. The van der Waals surface area contributed by atoms with E-state index in [1.807, 2.05) is 12.1 Å². The molecule has 0 bridgehead atoms. The third-order valence-corrected chi connectivity index (χ3v) is 3.90. The number of ether oxygens (including phenoxy) is 3. The maximum Gasteiger partial charge on any atom is 0.387 e. The number of carbonyl (C=O) groups excluding carboxylic acids is 1. The first-order valence-electron chi connectivity index (χ1n) is 8.87. The van der Waals surface area contributed by atoms with E-state index >= 15 is 0 Å². The minimum absolute atomic E-state index is 0.0340. The van der Waals surface area contributed by atoms with Crippen LogP contribution in [-0.2, 0) is 10.2 Å². The maximum atomic E-state index is 12.4. The Hall–Kier alpha value is -3.16. The summed E-state index contributed by atoms with van der Waals surface area (Å²) in [6.07, 6.45) is 1.30. The van der Waals surface area contributed by atoms with Crippen molar-refractivity contribution >= 4 is 12.1 Å². The lowest BCUT2D eigenvalue weighted by Gasteiger charge is -2.19. The Balaban J connectivity index is 1.88. The van der Waals surface area contributed by atoms with Gasteiger partial charge in [0.25, 0.3) is 5.91 Å². The number of nitrogens with one attached hydrogen (secondary N) is 1. The summed E-state index contributed by atoms with van der Waals surface area (Å²) in [6.45, 7) is 3.14. The van der Waals surface area contributed by atoms with Gasteiger partial charge in [-0.3, -0.25) is 4.79 Å². The van der Waals surface area contributed by atoms with Crippen LogP contribution in [0.5, 0.6) is 17.2 Å². The highest BCUT2D eigenvalue weighted by atomic mass is 19.3. The molecule has 29 heavy (non-hydrogen) atoms. The summed E-state index contributed by atoms with van der Waals surface area (Å²) in [5.41, 5.74) is 3.95. The van der Waals surface area contributed by atoms with Crippen molar-refractivity contribution in [1.29, 1.82) is 0 Å². The van der Waals surface area contributed by atoms with Crippen LogP contribution in [0.15, 0.2) is 47.6 Å². The second-order valence-electron chi connectivity index (χ2n) is 7.15. The maximum absolute atomic E-state index is 12.4. The molecule has 6 nitrogen and oxygen atoms in total. The highest BCUT2D eigenvalue weighted by molar-refractivity contribution is 5.83. The highest BCUT2D eigenvalue weighted by Crippen LogP contribution is 2.29. The molecule has 0 spiro atoms. The van der Waals surface area contributed by atoms with Crippen molar-refractivity contribution in [3.05, 3.63) is 53.6 Å². The van der Waals surface area contributed by atoms with E-state index in [0.717, 1.165) is 5.56 Å². The molecule has 0 aliphatic carbocycles. The number of halogens is 2. The van der Waals surface area contributed by atoms with Crippen molar-refractivity contribution in [2.24, 2.45) is 5.10 Å². The van der Waals surface area contributed by atoms with Gasteiger partial charge in [-0.1, -0.05) is 32.9 Å². The summed E-state index contributed by atoms with van der Waals surface area (Å²) in [4.78, 5) is 11.9. The molecule has 156 valence electrons. The van der Waals surface area contributed by atoms with Gasteiger partial charge < -0.3 is 14.2 Å². The van der Waals surface area contributed by atoms with E-state index in [-0.39, 0.29) is 23.5 Å². The minimum atomic E-state index is -2.98. The van der Waals surface area contributed by atoms with Crippen LogP contribution in [0, 0.1) is 0 Å². The van der Waals surface area contributed by atoms with Crippen molar-refractivity contribution in [2.45, 2.75) is 32.8 Å². The van der Waals surface area contributed by atoms with Crippen molar-refractivity contribution in [2.75, 3.05) is 13.7 Å². The Morgan fingerprint density at radius 2 is 1.83 bits per heavy atom. The Morgan fingerprint density at radius 1 is 1.14 bits per heavy atom. The summed E-state index contributed by atoms with van der Waals surface area (Å²) < 4.78 is 39.7. The molecule has 0 saturated heterocycles. The zero-order valence-electron chi connectivity index (χ0n) is 16.7. The van der Waals surface area contributed by atoms with Crippen LogP contribution in [0.1, 0.15) is 31.9 Å². The number of benzene rings is 2. The number of nitrogens with zero attached hydrogens (tertiary/aromatic N) is 1. The van der Waals surface area contributed by atoms with Gasteiger partial charge >= 0.3 is 6.61 Å². The molecule has 1 N–H and O–H groups in total. The molecule has 2 aromatic rings. The quantitative estimate of drug-likeness (QED) is 0.529. The van der Waals surface area contributed by atoms with Gasteiger partial charge in [-0.2, -0.15) is 13.9 Å². The largest absolute Gasteiger partial charge is 0.493 e. The normalized spacial score (nSPS) is 11.6. The third kappa shape index (κ3) is 7.06. The van der Waals surface area contributed by atoms with Gasteiger partial charge in [-0.15, -0.1) is 0 Å². The number of methoxy groups -OCH3 is 1. The van der Waals surface area contributed by atoms with E-state index < -0.39 is 12.5 Å². The third-order valence-electron chi connectivity index (χ3n) is 3.90. The van der Waals surface area contributed by atoms with Gasteiger partial charge in [0.15, 0.2) is 18.1 Å². The lowest BCUT2D eigenvalue weighted by atomic mass is 9.87. The standard InChI is InChI=1S/C21H24F2N2O4/c1-21(2,3)15-6-8-16(9-7-15)28-13-19(26)25-24-12-14-5-10-17(27-4)18(11-14)29-20(22)23/h5-12,20H,13H2,1-4H3,(H,25,26)/b24-12-. The van der Waals surface area contributed by atoms with E-state index in [9.17, 15) is 13.6 Å². The molecule has 0 fully saturated rings. The van der Waals surface area contributed by atoms with E-state index in [1.54, 1.807) is 18.2 Å². The summed E-state index contributed by atoms with van der Waals surface area (Å²) in [5, 5.41) is 3.79.